The Hall–Kier alpha value is -1.61. The first kappa shape index (κ1) is 16.8. The third-order valence-corrected chi connectivity index (χ3v) is 3.25. The average Bonchev–Trinajstić information content (AvgIpc) is 2.84. The van der Waals surface area contributed by atoms with Gasteiger partial charge in [0.25, 0.3) is 0 Å². The Bertz CT molecular complexity index is 529. The highest BCUT2D eigenvalue weighted by Gasteiger charge is 2.39. The summed E-state index contributed by atoms with van der Waals surface area (Å²) in [5, 5.41) is 6.23. The summed E-state index contributed by atoms with van der Waals surface area (Å²) in [6.07, 6.45) is -4.13. The monoisotopic (exact) mass is 321 g/mol. The molecule has 0 bridgehead atoms. The second-order valence-electron chi connectivity index (χ2n) is 4.78. The number of halogens is 3. The summed E-state index contributed by atoms with van der Waals surface area (Å²) in [6.45, 7) is 2.79. The van der Waals surface area contributed by atoms with Gasteiger partial charge in [0.2, 0.25) is 5.91 Å². The van der Waals surface area contributed by atoms with Crippen LogP contribution in [0.3, 0.4) is 0 Å². The van der Waals surface area contributed by atoms with Gasteiger partial charge in [0, 0.05) is 30.8 Å². The fourth-order valence-corrected chi connectivity index (χ4v) is 2.27. The van der Waals surface area contributed by atoms with Gasteiger partial charge >= 0.3 is 6.18 Å². The minimum absolute atomic E-state index is 0.0602. The number of fused-ring (bicyclic) bond motifs is 1. The van der Waals surface area contributed by atoms with Crippen LogP contribution in [0.2, 0.25) is 0 Å². The van der Waals surface area contributed by atoms with Crippen molar-refractivity contribution in [2.45, 2.75) is 32.7 Å². The first-order valence-electron chi connectivity index (χ1n) is 7.01. The van der Waals surface area contributed by atoms with Crippen LogP contribution in [0.5, 0.6) is 0 Å². The highest BCUT2D eigenvalue weighted by atomic mass is 19.4. The van der Waals surface area contributed by atoms with Gasteiger partial charge in [-0.25, -0.2) is 0 Å². The van der Waals surface area contributed by atoms with Crippen molar-refractivity contribution in [2.75, 3.05) is 26.4 Å². The van der Waals surface area contributed by atoms with Crippen LogP contribution in [0.4, 0.5) is 13.2 Å². The van der Waals surface area contributed by atoms with Crippen molar-refractivity contribution in [1.82, 2.24) is 15.1 Å². The van der Waals surface area contributed by atoms with Crippen LogP contribution in [0.1, 0.15) is 23.9 Å². The number of alkyl halides is 3. The molecule has 124 valence electrons. The van der Waals surface area contributed by atoms with Crippen molar-refractivity contribution in [3.05, 3.63) is 17.0 Å². The highest BCUT2D eigenvalue weighted by Crippen LogP contribution is 2.34. The number of hydrogen-bond acceptors (Lipinski definition) is 4. The number of hydrogen-bond donors (Lipinski definition) is 1. The third kappa shape index (κ3) is 3.98. The van der Waals surface area contributed by atoms with E-state index in [0.717, 1.165) is 0 Å². The maximum atomic E-state index is 13.0. The molecule has 0 fully saturated rings. The molecule has 22 heavy (non-hydrogen) atoms. The van der Waals surface area contributed by atoms with Crippen LogP contribution in [-0.2, 0) is 40.0 Å². The average molecular weight is 321 g/mol. The van der Waals surface area contributed by atoms with Crippen molar-refractivity contribution >= 4 is 5.91 Å². The second kappa shape index (κ2) is 7.10. The zero-order valence-corrected chi connectivity index (χ0v) is 12.2. The first-order valence-corrected chi connectivity index (χ1v) is 7.01. The number of ether oxygens (including phenoxy) is 2. The van der Waals surface area contributed by atoms with E-state index < -0.39 is 11.9 Å². The molecule has 9 heteroatoms. The minimum Gasteiger partial charge on any atom is -0.376 e. The van der Waals surface area contributed by atoms with E-state index in [9.17, 15) is 18.0 Å². The summed E-state index contributed by atoms with van der Waals surface area (Å²) in [5.74, 6) is -0.303. The smallest absolute Gasteiger partial charge is 0.376 e. The Labute approximate surface area is 125 Å². The normalized spacial score (nSPS) is 14.7. The van der Waals surface area contributed by atoms with E-state index in [2.05, 4.69) is 10.4 Å². The molecule has 0 radical (unpaired) electrons. The Kier molecular flexibility index (Phi) is 5.41. The van der Waals surface area contributed by atoms with Crippen molar-refractivity contribution in [1.29, 1.82) is 0 Å². The van der Waals surface area contributed by atoms with Crippen LogP contribution in [0.15, 0.2) is 0 Å². The van der Waals surface area contributed by atoms with Crippen molar-refractivity contribution in [2.24, 2.45) is 0 Å². The van der Waals surface area contributed by atoms with Gasteiger partial charge in [0.05, 0.1) is 19.8 Å². The maximum absolute atomic E-state index is 13.0. The number of aromatic nitrogens is 2. The molecule has 2 rings (SSSR count). The summed E-state index contributed by atoms with van der Waals surface area (Å²) in [4.78, 5) is 11.4. The van der Waals surface area contributed by atoms with E-state index in [1.165, 1.54) is 4.68 Å². The fraction of sp³-hybridized carbons (Fsp3) is 0.692. The highest BCUT2D eigenvalue weighted by molar-refractivity contribution is 5.77. The van der Waals surface area contributed by atoms with E-state index in [1.54, 1.807) is 6.92 Å². The molecule has 2 heterocycles. The third-order valence-electron chi connectivity index (χ3n) is 3.25. The van der Waals surface area contributed by atoms with Gasteiger partial charge in [-0.05, 0) is 6.92 Å². The zero-order valence-electron chi connectivity index (χ0n) is 12.2. The number of amides is 1. The van der Waals surface area contributed by atoms with Gasteiger partial charge in [0.1, 0.15) is 6.61 Å². The van der Waals surface area contributed by atoms with E-state index in [4.69, 9.17) is 9.47 Å². The number of carbonyl (C=O) groups is 1. The molecule has 1 aromatic heterocycles. The molecule has 1 aromatic rings. The van der Waals surface area contributed by atoms with Crippen LogP contribution in [-0.4, -0.2) is 42.1 Å². The Morgan fingerprint density at radius 2 is 2.27 bits per heavy atom. The fourth-order valence-electron chi connectivity index (χ4n) is 2.27. The molecular weight excluding hydrogens is 303 g/mol. The molecule has 0 aliphatic carbocycles. The standard InChI is InChI=1S/C13H18F3N3O3/c1-2-21-8-11(20)17-4-5-19-10-3-6-22-7-9(10)12(18-19)13(14,15)16/h2-8H2,1H3,(H,17,20). The molecule has 0 unspecified atom stereocenters. The lowest BCUT2D eigenvalue weighted by Gasteiger charge is -2.15. The number of nitrogens with zero attached hydrogens (tertiary/aromatic N) is 2. The lowest BCUT2D eigenvalue weighted by molar-refractivity contribution is -0.142. The zero-order chi connectivity index (χ0) is 16.2. The minimum atomic E-state index is -4.51. The maximum Gasteiger partial charge on any atom is 0.435 e. The van der Waals surface area contributed by atoms with Crippen LogP contribution >= 0.6 is 0 Å². The molecule has 0 spiro atoms. The Balaban J connectivity index is 2.02. The first-order chi connectivity index (χ1) is 10.4. The van der Waals surface area contributed by atoms with Gasteiger partial charge in [-0.15, -0.1) is 0 Å². The molecular formula is C13H18F3N3O3. The van der Waals surface area contributed by atoms with Gasteiger partial charge in [-0.2, -0.15) is 18.3 Å². The topological polar surface area (TPSA) is 65.4 Å². The number of nitrogens with one attached hydrogen (secondary N) is 1. The quantitative estimate of drug-likeness (QED) is 0.853. The predicted octanol–water partition coefficient (Wildman–Crippen LogP) is 1.13. The summed E-state index contributed by atoms with van der Waals surface area (Å²) in [7, 11) is 0. The van der Waals surface area contributed by atoms with E-state index in [0.29, 0.717) is 25.3 Å². The predicted molar refractivity (Wildman–Crippen MR) is 70.1 cm³/mol. The van der Waals surface area contributed by atoms with Gasteiger partial charge in [0.15, 0.2) is 5.69 Å². The van der Waals surface area contributed by atoms with Gasteiger partial charge in [-0.3, -0.25) is 9.48 Å². The van der Waals surface area contributed by atoms with Crippen molar-refractivity contribution in [3.8, 4) is 0 Å². The molecule has 0 saturated heterocycles. The van der Waals surface area contributed by atoms with Crippen LogP contribution in [0.25, 0.3) is 0 Å². The summed E-state index contributed by atoms with van der Waals surface area (Å²) >= 11 is 0. The largest absolute Gasteiger partial charge is 0.435 e. The van der Waals surface area contributed by atoms with E-state index >= 15 is 0 Å². The molecule has 1 amide bonds. The molecule has 1 aliphatic rings. The molecule has 0 saturated carbocycles. The lowest BCUT2D eigenvalue weighted by Crippen LogP contribution is -2.31. The van der Waals surface area contributed by atoms with Gasteiger partial charge in [-0.1, -0.05) is 0 Å². The Morgan fingerprint density at radius 1 is 1.50 bits per heavy atom. The van der Waals surface area contributed by atoms with E-state index in [-0.39, 0.29) is 37.8 Å². The summed E-state index contributed by atoms with van der Waals surface area (Å²) < 4.78 is 50.2. The number of rotatable bonds is 6. The van der Waals surface area contributed by atoms with Crippen molar-refractivity contribution in [3.63, 3.8) is 0 Å². The van der Waals surface area contributed by atoms with Crippen LogP contribution in [0, 0.1) is 0 Å². The van der Waals surface area contributed by atoms with Gasteiger partial charge < -0.3 is 14.8 Å². The van der Waals surface area contributed by atoms with Crippen molar-refractivity contribution < 1.29 is 27.4 Å². The summed E-state index contributed by atoms with van der Waals surface area (Å²) in [6, 6.07) is 0. The van der Waals surface area contributed by atoms with Crippen LogP contribution < -0.4 is 5.32 Å². The summed E-state index contributed by atoms with van der Waals surface area (Å²) in [5.41, 5.74) is -0.278. The number of carbonyl (C=O) groups excluding carboxylic acids is 1. The molecule has 0 atom stereocenters. The lowest BCUT2D eigenvalue weighted by atomic mass is 10.1. The second-order valence-corrected chi connectivity index (χ2v) is 4.78. The molecule has 0 aromatic carbocycles. The SMILES string of the molecule is CCOCC(=O)NCCn1nc(C(F)(F)F)c2c1CCOC2. The molecule has 1 N–H and O–H groups in total. The molecule has 6 nitrogen and oxygen atoms in total. The van der Waals surface area contributed by atoms with E-state index in [1.807, 2.05) is 0 Å². The Morgan fingerprint density at radius 3 is 2.95 bits per heavy atom. The molecule has 1 aliphatic heterocycles.